The smallest absolute Gasteiger partial charge is 0.258 e. The average molecular weight is 410 g/mol. The molecule has 3 aromatic rings. The highest BCUT2D eigenvalue weighted by Crippen LogP contribution is 2.22. The number of para-hydroxylation sites is 1. The van der Waals surface area contributed by atoms with Crippen LogP contribution >= 0.6 is 0 Å². The van der Waals surface area contributed by atoms with Gasteiger partial charge in [0.2, 0.25) is 5.82 Å². The summed E-state index contributed by atoms with van der Waals surface area (Å²) in [6.45, 7) is 5.49. The second-order valence-corrected chi connectivity index (χ2v) is 8.60. The molecule has 8 nitrogen and oxygen atoms in total. The van der Waals surface area contributed by atoms with Gasteiger partial charge in [-0.15, -0.1) is 5.10 Å². The van der Waals surface area contributed by atoms with Crippen LogP contribution in [-0.4, -0.2) is 51.0 Å². The second kappa shape index (κ2) is 8.28. The number of hydrogen-bond acceptors (Lipinski definition) is 5. The minimum Gasteiger partial charge on any atom is -0.376 e. The quantitative estimate of drug-likeness (QED) is 0.660. The number of tetrazole rings is 1. The molecular formula is C22H29N6O2+. The number of aromatic amines is 1. The van der Waals surface area contributed by atoms with Crippen LogP contribution in [0.1, 0.15) is 55.1 Å². The Morgan fingerprint density at radius 2 is 2.13 bits per heavy atom. The molecule has 2 atom stereocenters. The number of quaternary nitrogens is 1. The van der Waals surface area contributed by atoms with E-state index < -0.39 is 0 Å². The van der Waals surface area contributed by atoms with Crippen molar-refractivity contribution >= 4 is 10.9 Å². The minimum absolute atomic E-state index is 0.0495. The standard InChI is InChI=1S/C22H28N6O2/c1-15-7-5-8-16-13-18(22(29)23-19(15)16)20(27-10-3-2-4-11-27)21-24-25-26-28(21)14-17-9-6-12-30-17/h5,7-8,13,17,20H,2-4,6,9-12,14H2,1H3,(H,23,29)/p+1/t17-,20-/m1/s1. The molecule has 2 N–H and O–H groups in total. The highest BCUT2D eigenvalue weighted by Gasteiger charge is 2.35. The molecule has 2 saturated heterocycles. The average Bonchev–Trinajstić information content (AvgIpc) is 3.43. The third kappa shape index (κ3) is 3.65. The first-order chi connectivity index (χ1) is 14.7. The molecule has 0 saturated carbocycles. The zero-order chi connectivity index (χ0) is 20.5. The van der Waals surface area contributed by atoms with E-state index in [1.807, 2.05) is 29.8 Å². The van der Waals surface area contributed by atoms with Crippen LogP contribution in [0.25, 0.3) is 10.9 Å². The maximum absolute atomic E-state index is 13.2. The molecule has 0 amide bonds. The zero-order valence-electron chi connectivity index (χ0n) is 17.4. The van der Waals surface area contributed by atoms with Crippen molar-refractivity contribution in [1.82, 2.24) is 25.2 Å². The van der Waals surface area contributed by atoms with Crippen LogP contribution in [0, 0.1) is 6.92 Å². The van der Waals surface area contributed by atoms with Crippen molar-refractivity contribution in [3.8, 4) is 0 Å². The maximum Gasteiger partial charge on any atom is 0.258 e. The number of rotatable bonds is 5. The molecular weight excluding hydrogens is 380 g/mol. The number of benzene rings is 1. The molecule has 30 heavy (non-hydrogen) atoms. The van der Waals surface area contributed by atoms with Crippen LogP contribution < -0.4 is 10.5 Å². The molecule has 2 aliphatic rings. The van der Waals surface area contributed by atoms with Gasteiger partial charge in [0, 0.05) is 6.61 Å². The molecule has 2 aromatic heterocycles. The molecule has 0 aliphatic carbocycles. The van der Waals surface area contributed by atoms with Gasteiger partial charge in [-0.2, -0.15) is 0 Å². The van der Waals surface area contributed by atoms with Gasteiger partial charge < -0.3 is 14.6 Å². The van der Waals surface area contributed by atoms with Crippen molar-refractivity contribution in [1.29, 1.82) is 0 Å². The lowest BCUT2D eigenvalue weighted by atomic mass is 9.99. The molecule has 1 aromatic carbocycles. The molecule has 8 heteroatoms. The predicted octanol–water partition coefficient (Wildman–Crippen LogP) is 1.16. The molecule has 0 unspecified atom stereocenters. The van der Waals surface area contributed by atoms with Gasteiger partial charge in [0.1, 0.15) is 0 Å². The Kier molecular flexibility index (Phi) is 5.35. The van der Waals surface area contributed by atoms with E-state index in [1.165, 1.54) is 11.3 Å². The van der Waals surface area contributed by atoms with Crippen LogP contribution in [0.2, 0.25) is 0 Å². The summed E-state index contributed by atoms with van der Waals surface area (Å²) in [5, 5.41) is 13.7. The van der Waals surface area contributed by atoms with Gasteiger partial charge in [-0.25, -0.2) is 4.68 Å². The van der Waals surface area contributed by atoms with Gasteiger partial charge in [-0.1, -0.05) is 18.2 Å². The number of aromatic nitrogens is 5. The van der Waals surface area contributed by atoms with E-state index in [9.17, 15) is 4.79 Å². The van der Waals surface area contributed by atoms with Crippen molar-refractivity contribution in [2.24, 2.45) is 0 Å². The Morgan fingerprint density at radius 3 is 2.93 bits per heavy atom. The van der Waals surface area contributed by atoms with E-state index in [0.717, 1.165) is 73.2 Å². The summed E-state index contributed by atoms with van der Waals surface area (Å²) in [5.41, 5.74) is 2.67. The number of likely N-dealkylation sites (tertiary alicyclic amines) is 1. The van der Waals surface area contributed by atoms with Gasteiger partial charge >= 0.3 is 0 Å². The first-order valence-corrected chi connectivity index (χ1v) is 11.1. The number of pyridine rings is 1. The largest absolute Gasteiger partial charge is 0.376 e. The maximum atomic E-state index is 13.2. The van der Waals surface area contributed by atoms with Crippen LogP contribution in [0.15, 0.2) is 29.1 Å². The number of piperidine rings is 1. The zero-order valence-corrected chi connectivity index (χ0v) is 17.4. The second-order valence-electron chi connectivity index (χ2n) is 8.60. The molecule has 2 aliphatic heterocycles. The van der Waals surface area contributed by atoms with Crippen molar-refractivity contribution in [3.63, 3.8) is 0 Å². The summed E-state index contributed by atoms with van der Waals surface area (Å²) in [6.07, 6.45) is 5.79. The monoisotopic (exact) mass is 409 g/mol. The van der Waals surface area contributed by atoms with Crippen molar-refractivity contribution in [2.45, 2.75) is 57.7 Å². The SMILES string of the molecule is Cc1cccc2cc([C@H](c3nnnn3C[C@H]3CCCO3)[NH+]3CCCCC3)c(=O)[nH]c12. The third-order valence-electron chi connectivity index (χ3n) is 6.55. The number of fused-ring (bicyclic) bond motifs is 1. The lowest BCUT2D eigenvalue weighted by molar-refractivity contribution is -0.931. The third-order valence-corrected chi connectivity index (χ3v) is 6.55. The lowest BCUT2D eigenvalue weighted by Gasteiger charge is -2.30. The van der Waals surface area contributed by atoms with Gasteiger partial charge in [0.15, 0.2) is 6.04 Å². The summed E-state index contributed by atoms with van der Waals surface area (Å²) < 4.78 is 7.68. The Labute approximate surface area is 175 Å². The highest BCUT2D eigenvalue weighted by molar-refractivity contribution is 5.82. The Morgan fingerprint density at radius 1 is 1.27 bits per heavy atom. The summed E-state index contributed by atoms with van der Waals surface area (Å²) in [5.74, 6) is 0.764. The normalized spacial score (nSPS) is 21.3. The molecule has 5 rings (SSSR count). The van der Waals surface area contributed by atoms with E-state index in [1.54, 1.807) is 0 Å². The molecule has 4 heterocycles. The fraction of sp³-hybridized carbons (Fsp3) is 0.545. The number of nitrogens with zero attached hydrogens (tertiary/aromatic N) is 4. The topological polar surface area (TPSA) is 90.1 Å². The molecule has 0 bridgehead atoms. The first-order valence-electron chi connectivity index (χ1n) is 11.1. The van der Waals surface area contributed by atoms with Gasteiger partial charge in [0.05, 0.1) is 36.8 Å². The number of nitrogens with one attached hydrogen (secondary N) is 2. The van der Waals surface area contributed by atoms with Crippen molar-refractivity contribution in [2.75, 3.05) is 19.7 Å². The summed E-state index contributed by atoms with van der Waals surface area (Å²) in [6, 6.07) is 7.96. The Bertz CT molecular complexity index is 1080. The summed E-state index contributed by atoms with van der Waals surface area (Å²) >= 11 is 0. The van der Waals surface area contributed by atoms with E-state index in [-0.39, 0.29) is 17.7 Å². The summed E-state index contributed by atoms with van der Waals surface area (Å²) in [7, 11) is 0. The van der Waals surface area contributed by atoms with Gasteiger partial charge in [-0.05, 0) is 66.5 Å². The summed E-state index contributed by atoms with van der Waals surface area (Å²) in [4.78, 5) is 17.7. The molecule has 0 radical (unpaired) electrons. The molecule has 2 fully saturated rings. The molecule has 0 spiro atoms. The van der Waals surface area contributed by atoms with Crippen molar-refractivity contribution in [3.05, 3.63) is 51.6 Å². The Balaban J connectivity index is 1.60. The van der Waals surface area contributed by atoms with Gasteiger partial charge in [0.25, 0.3) is 5.56 Å². The van der Waals surface area contributed by atoms with Crippen LogP contribution in [0.4, 0.5) is 0 Å². The number of hydrogen-bond donors (Lipinski definition) is 2. The van der Waals surface area contributed by atoms with E-state index in [0.29, 0.717) is 6.54 Å². The minimum atomic E-state index is -0.185. The number of ether oxygens (including phenoxy) is 1. The van der Waals surface area contributed by atoms with Crippen molar-refractivity contribution < 1.29 is 9.64 Å². The van der Waals surface area contributed by atoms with Crippen LogP contribution in [-0.2, 0) is 11.3 Å². The highest BCUT2D eigenvalue weighted by atomic mass is 16.5. The van der Waals surface area contributed by atoms with E-state index in [4.69, 9.17) is 4.74 Å². The molecule has 158 valence electrons. The first kappa shape index (κ1) is 19.4. The fourth-order valence-electron chi connectivity index (χ4n) is 4.98. The predicted molar refractivity (Wildman–Crippen MR) is 112 cm³/mol. The Hall–Kier alpha value is -2.58. The van der Waals surface area contributed by atoms with E-state index in [2.05, 4.69) is 26.6 Å². The number of aryl methyl sites for hydroxylation is 1. The number of H-pyrrole nitrogens is 1. The fourth-order valence-corrected chi connectivity index (χ4v) is 4.98. The van der Waals surface area contributed by atoms with Crippen LogP contribution in [0.3, 0.4) is 0 Å². The van der Waals surface area contributed by atoms with Crippen LogP contribution in [0.5, 0.6) is 0 Å². The lowest BCUT2D eigenvalue weighted by Crippen LogP contribution is -3.13. The van der Waals surface area contributed by atoms with E-state index >= 15 is 0 Å². The van der Waals surface area contributed by atoms with Gasteiger partial charge in [-0.3, -0.25) is 4.79 Å².